The van der Waals surface area contributed by atoms with Crippen molar-refractivity contribution >= 4 is 40.1 Å². The van der Waals surface area contributed by atoms with Gasteiger partial charge in [0.15, 0.2) is 5.75 Å². The molecule has 0 radical (unpaired) electrons. The maximum Gasteiger partial charge on any atom is 0.251 e. The quantitative estimate of drug-likeness (QED) is 0.723. The second kappa shape index (κ2) is 7.11. The van der Waals surface area contributed by atoms with Gasteiger partial charge in [-0.2, -0.15) is 0 Å². The van der Waals surface area contributed by atoms with E-state index in [0.717, 1.165) is 16.9 Å². The van der Waals surface area contributed by atoms with Gasteiger partial charge in [-0.25, -0.2) is 4.98 Å². The van der Waals surface area contributed by atoms with Crippen LogP contribution in [0.4, 0.5) is 0 Å². The molecule has 0 saturated carbocycles. The Morgan fingerprint density at radius 1 is 1.25 bits per heavy atom. The number of H-pyrrole nitrogens is 1. The van der Waals surface area contributed by atoms with Gasteiger partial charge in [-0.05, 0) is 24.3 Å². The lowest BCUT2D eigenvalue weighted by Crippen LogP contribution is -2.26. The van der Waals surface area contributed by atoms with Crippen LogP contribution in [-0.2, 0) is 6.42 Å². The van der Waals surface area contributed by atoms with Crippen molar-refractivity contribution in [3.8, 4) is 5.75 Å². The van der Waals surface area contributed by atoms with Crippen LogP contribution >= 0.6 is 23.2 Å². The zero-order chi connectivity index (χ0) is 17.1. The van der Waals surface area contributed by atoms with E-state index >= 15 is 0 Å². The molecule has 0 fully saturated rings. The molecule has 0 saturated heterocycles. The van der Waals surface area contributed by atoms with Gasteiger partial charge in [0.2, 0.25) is 0 Å². The molecule has 7 heteroatoms. The molecule has 3 aromatic rings. The molecule has 0 unspecified atom stereocenters. The molecule has 0 atom stereocenters. The number of methoxy groups -OCH3 is 1. The van der Waals surface area contributed by atoms with Crippen LogP contribution in [0, 0.1) is 0 Å². The fourth-order valence-corrected chi connectivity index (χ4v) is 3.05. The number of imidazole rings is 1. The Morgan fingerprint density at radius 3 is 2.62 bits per heavy atom. The third kappa shape index (κ3) is 3.47. The van der Waals surface area contributed by atoms with Crippen molar-refractivity contribution in [1.29, 1.82) is 0 Å². The Labute approximate surface area is 148 Å². The molecule has 124 valence electrons. The van der Waals surface area contributed by atoms with Crippen LogP contribution < -0.4 is 10.1 Å². The number of fused-ring (bicyclic) bond motifs is 1. The number of hydrogen-bond donors (Lipinski definition) is 2. The van der Waals surface area contributed by atoms with Crippen molar-refractivity contribution in [2.75, 3.05) is 13.7 Å². The number of hydrogen-bond acceptors (Lipinski definition) is 3. The second-order valence-corrected chi connectivity index (χ2v) is 5.99. The number of rotatable bonds is 5. The van der Waals surface area contributed by atoms with Crippen molar-refractivity contribution < 1.29 is 9.53 Å². The van der Waals surface area contributed by atoms with Gasteiger partial charge >= 0.3 is 0 Å². The van der Waals surface area contributed by atoms with Crippen LogP contribution in [0.3, 0.4) is 0 Å². The minimum atomic E-state index is -0.252. The van der Waals surface area contributed by atoms with Gasteiger partial charge in [0.25, 0.3) is 5.91 Å². The summed E-state index contributed by atoms with van der Waals surface area (Å²) >= 11 is 12.1. The van der Waals surface area contributed by atoms with Crippen LogP contribution in [0.2, 0.25) is 10.0 Å². The summed E-state index contributed by atoms with van der Waals surface area (Å²) < 4.78 is 5.07. The number of carbonyl (C=O) groups is 1. The number of benzene rings is 2. The first-order valence-corrected chi connectivity index (χ1v) is 8.09. The first-order valence-electron chi connectivity index (χ1n) is 7.33. The summed E-state index contributed by atoms with van der Waals surface area (Å²) in [6.07, 6.45) is 0.595. The molecule has 1 heterocycles. The zero-order valence-electron chi connectivity index (χ0n) is 12.9. The highest BCUT2D eigenvalue weighted by Gasteiger charge is 2.13. The Balaban J connectivity index is 1.63. The molecular weight excluding hydrogens is 349 g/mol. The second-order valence-electron chi connectivity index (χ2n) is 5.18. The SMILES string of the molecule is COc1c(Cl)cc(C(=O)NCCc2nc3ccccc3[nH]2)cc1Cl. The van der Waals surface area contributed by atoms with Crippen LogP contribution in [0.1, 0.15) is 16.2 Å². The van der Waals surface area contributed by atoms with Crippen molar-refractivity contribution in [2.24, 2.45) is 0 Å². The standard InChI is InChI=1S/C17H15Cl2N3O2/c1-24-16-11(18)8-10(9-12(16)19)17(23)20-7-6-15-21-13-4-2-3-5-14(13)22-15/h2-5,8-9H,6-7H2,1H3,(H,20,23)(H,21,22). The highest BCUT2D eigenvalue weighted by atomic mass is 35.5. The van der Waals surface area contributed by atoms with Crippen LogP contribution in [-0.4, -0.2) is 29.5 Å². The number of ether oxygens (including phenoxy) is 1. The Kier molecular flexibility index (Phi) is 4.92. The summed E-state index contributed by atoms with van der Waals surface area (Å²) in [6, 6.07) is 10.8. The summed E-state index contributed by atoms with van der Waals surface area (Å²) in [5, 5.41) is 3.42. The van der Waals surface area contributed by atoms with Gasteiger partial charge in [-0.3, -0.25) is 4.79 Å². The van der Waals surface area contributed by atoms with E-state index in [1.165, 1.54) is 19.2 Å². The molecule has 2 aromatic carbocycles. The number of aromatic amines is 1. The zero-order valence-corrected chi connectivity index (χ0v) is 14.4. The number of para-hydroxylation sites is 2. The lowest BCUT2D eigenvalue weighted by atomic mass is 10.2. The molecule has 0 spiro atoms. The topological polar surface area (TPSA) is 67.0 Å². The van der Waals surface area contributed by atoms with Crippen LogP contribution in [0.15, 0.2) is 36.4 Å². The van der Waals surface area contributed by atoms with E-state index < -0.39 is 0 Å². The molecule has 0 aliphatic heterocycles. The minimum absolute atomic E-state index is 0.252. The van der Waals surface area contributed by atoms with Crippen molar-refractivity contribution in [2.45, 2.75) is 6.42 Å². The van der Waals surface area contributed by atoms with Crippen LogP contribution in [0.5, 0.6) is 5.75 Å². The van der Waals surface area contributed by atoms with Gasteiger partial charge in [0.1, 0.15) is 5.82 Å². The van der Waals surface area contributed by atoms with Crippen molar-refractivity contribution in [3.05, 3.63) is 57.8 Å². The summed E-state index contributed by atoms with van der Waals surface area (Å²) in [6.45, 7) is 0.444. The van der Waals surface area contributed by atoms with Crippen LogP contribution in [0.25, 0.3) is 11.0 Å². The highest BCUT2D eigenvalue weighted by Crippen LogP contribution is 2.33. The van der Waals surface area contributed by atoms with Gasteiger partial charge in [0.05, 0.1) is 28.2 Å². The largest absolute Gasteiger partial charge is 0.494 e. The smallest absolute Gasteiger partial charge is 0.251 e. The highest BCUT2D eigenvalue weighted by molar-refractivity contribution is 6.37. The molecule has 5 nitrogen and oxygen atoms in total. The molecule has 1 amide bonds. The number of nitrogens with one attached hydrogen (secondary N) is 2. The Morgan fingerprint density at radius 2 is 1.96 bits per heavy atom. The molecule has 0 bridgehead atoms. The predicted octanol–water partition coefficient (Wildman–Crippen LogP) is 3.85. The van der Waals surface area contributed by atoms with Crippen molar-refractivity contribution in [3.63, 3.8) is 0 Å². The number of carbonyl (C=O) groups excluding carboxylic acids is 1. The van der Waals surface area contributed by atoms with E-state index in [1.54, 1.807) is 0 Å². The lowest BCUT2D eigenvalue weighted by Gasteiger charge is -2.09. The maximum atomic E-state index is 12.2. The van der Waals surface area contributed by atoms with Gasteiger partial charge in [0, 0.05) is 18.5 Å². The first-order chi connectivity index (χ1) is 11.6. The molecule has 2 N–H and O–H groups in total. The first kappa shape index (κ1) is 16.6. The molecule has 0 aliphatic carbocycles. The number of amides is 1. The van der Waals surface area contributed by atoms with E-state index in [2.05, 4.69) is 15.3 Å². The average molecular weight is 364 g/mol. The summed E-state index contributed by atoms with van der Waals surface area (Å²) in [7, 11) is 1.47. The predicted molar refractivity (Wildman–Crippen MR) is 95.1 cm³/mol. The monoisotopic (exact) mass is 363 g/mol. The Hall–Kier alpha value is -2.24. The van der Waals surface area contributed by atoms with Gasteiger partial charge in [-0.15, -0.1) is 0 Å². The Bertz CT molecular complexity index is 836. The third-order valence-corrected chi connectivity index (χ3v) is 4.11. The molecule has 1 aromatic heterocycles. The van der Waals surface area contributed by atoms with E-state index in [4.69, 9.17) is 27.9 Å². The van der Waals surface area contributed by atoms with Crippen molar-refractivity contribution in [1.82, 2.24) is 15.3 Å². The molecule has 24 heavy (non-hydrogen) atoms. The summed E-state index contributed by atoms with van der Waals surface area (Å²) in [4.78, 5) is 19.9. The number of nitrogens with zero attached hydrogens (tertiary/aromatic N) is 1. The fourth-order valence-electron chi connectivity index (χ4n) is 2.41. The number of aromatic nitrogens is 2. The average Bonchev–Trinajstić information content (AvgIpc) is 2.97. The number of halogens is 2. The summed E-state index contributed by atoms with van der Waals surface area (Å²) in [5.41, 5.74) is 2.27. The van der Waals surface area contributed by atoms with E-state index in [-0.39, 0.29) is 5.91 Å². The fraction of sp³-hybridized carbons (Fsp3) is 0.176. The molecule has 3 rings (SSSR count). The maximum absolute atomic E-state index is 12.2. The third-order valence-electron chi connectivity index (χ3n) is 3.55. The molecule has 0 aliphatic rings. The van der Waals surface area contributed by atoms with Gasteiger partial charge in [-0.1, -0.05) is 35.3 Å². The summed E-state index contributed by atoms with van der Waals surface area (Å²) in [5.74, 6) is 0.928. The lowest BCUT2D eigenvalue weighted by molar-refractivity contribution is 0.0954. The van der Waals surface area contributed by atoms with E-state index in [0.29, 0.717) is 34.3 Å². The van der Waals surface area contributed by atoms with E-state index in [1.807, 2.05) is 24.3 Å². The van der Waals surface area contributed by atoms with E-state index in [9.17, 15) is 4.79 Å². The minimum Gasteiger partial charge on any atom is -0.494 e. The molecular formula is C17H15Cl2N3O2. The van der Waals surface area contributed by atoms with Gasteiger partial charge < -0.3 is 15.0 Å². The normalized spacial score (nSPS) is 10.8.